The number of halogens is 2. The van der Waals surface area contributed by atoms with Crippen molar-refractivity contribution in [1.29, 1.82) is 0 Å². The molecule has 2 aromatic rings. The maximum atomic E-state index is 12.0. The summed E-state index contributed by atoms with van der Waals surface area (Å²) in [6, 6.07) is 12.2. The Balaban J connectivity index is 1.66. The Bertz CT molecular complexity index is 859. The van der Waals surface area contributed by atoms with Gasteiger partial charge in [0.1, 0.15) is 5.75 Å². The van der Waals surface area contributed by atoms with Gasteiger partial charge in [-0.05, 0) is 48.9 Å². The molecular formula is C19H19BrClN3O4. The van der Waals surface area contributed by atoms with Crippen molar-refractivity contribution in [2.75, 3.05) is 11.9 Å². The second-order valence-corrected chi connectivity index (χ2v) is 7.12. The average molecular weight is 469 g/mol. The number of amides is 3. The van der Waals surface area contributed by atoms with E-state index in [4.69, 9.17) is 16.3 Å². The number of hydrogen-bond donors (Lipinski definition) is 3. The van der Waals surface area contributed by atoms with Crippen LogP contribution in [0, 0.1) is 6.92 Å². The van der Waals surface area contributed by atoms with Crippen LogP contribution in [0.5, 0.6) is 5.75 Å². The molecule has 0 unspecified atom stereocenters. The summed E-state index contributed by atoms with van der Waals surface area (Å²) in [5.74, 6) is -0.812. The van der Waals surface area contributed by atoms with Crippen molar-refractivity contribution in [2.24, 2.45) is 0 Å². The molecule has 0 saturated heterocycles. The Morgan fingerprint density at radius 1 is 0.964 bits per heavy atom. The minimum Gasteiger partial charge on any atom is -0.484 e. The summed E-state index contributed by atoms with van der Waals surface area (Å²) in [7, 11) is 0. The molecule has 0 spiro atoms. The predicted octanol–water partition coefficient (Wildman–Crippen LogP) is 3.36. The Kier molecular flexibility index (Phi) is 8.28. The van der Waals surface area contributed by atoms with E-state index < -0.39 is 11.8 Å². The maximum Gasteiger partial charge on any atom is 0.276 e. The van der Waals surface area contributed by atoms with Gasteiger partial charge >= 0.3 is 0 Å². The van der Waals surface area contributed by atoms with Crippen molar-refractivity contribution in [2.45, 2.75) is 19.8 Å². The number of rotatable bonds is 7. The first kappa shape index (κ1) is 21.7. The van der Waals surface area contributed by atoms with Gasteiger partial charge in [-0.1, -0.05) is 33.6 Å². The minimum atomic E-state index is -0.518. The van der Waals surface area contributed by atoms with Crippen molar-refractivity contribution >= 4 is 50.9 Å². The van der Waals surface area contributed by atoms with Gasteiger partial charge in [-0.2, -0.15) is 0 Å². The molecule has 0 atom stereocenters. The van der Waals surface area contributed by atoms with E-state index in [1.54, 1.807) is 49.4 Å². The van der Waals surface area contributed by atoms with Crippen LogP contribution < -0.4 is 20.9 Å². The molecule has 0 aromatic heterocycles. The molecule has 28 heavy (non-hydrogen) atoms. The van der Waals surface area contributed by atoms with Crippen LogP contribution in [0.3, 0.4) is 0 Å². The highest BCUT2D eigenvalue weighted by Gasteiger charge is 2.10. The van der Waals surface area contributed by atoms with Gasteiger partial charge in [-0.25, -0.2) is 0 Å². The van der Waals surface area contributed by atoms with Crippen LogP contribution in [0.15, 0.2) is 46.9 Å². The Morgan fingerprint density at radius 2 is 1.61 bits per heavy atom. The van der Waals surface area contributed by atoms with Crippen LogP contribution in [0.4, 0.5) is 5.69 Å². The summed E-state index contributed by atoms with van der Waals surface area (Å²) in [6.07, 6.45) is -0.123. The van der Waals surface area contributed by atoms with Gasteiger partial charge < -0.3 is 10.1 Å². The van der Waals surface area contributed by atoms with E-state index in [1.807, 2.05) is 0 Å². The van der Waals surface area contributed by atoms with Gasteiger partial charge in [-0.3, -0.25) is 25.2 Å². The second-order valence-electron chi connectivity index (χ2n) is 5.80. The van der Waals surface area contributed by atoms with Crippen LogP contribution in [-0.2, 0) is 14.4 Å². The van der Waals surface area contributed by atoms with Crippen LogP contribution in [-0.4, -0.2) is 24.3 Å². The summed E-state index contributed by atoms with van der Waals surface area (Å²) in [5.41, 5.74) is 5.82. The molecule has 3 N–H and O–H groups in total. The third-order valence-electron chi connectivity index (χ3n) is 3.65. The van der Waals surface area contributed by atoms with Crippen LogP contribution in [0.25, 0.3) is 0 Å². The lowest BCUT2D eigenvalue weighted by atomic mass is 10.2. The fourth-order valence-electron chi connectivity index (χ4n) is 2.10. The number of nitrogens with one attached hydrogen (secondary N) is 3. The average Bonchev–Trinajstić information content (AvgIpc) is 2.68. The zero-order valence-electron chi connectivity index (χ0n) is 15.1. The van der Waals surface area contributed by atoms with E-state index in [1.165, 1.54) is 0 Å². The molecule has 9 heteroatoms. The van der Waals surface area contributed by atoms with Gasteiger partial charge in [0.2, 0.25) is 11.8 Å². The highest BCUT2D eigenvalue weighted by Crippen LogP contribution is 2.23. The normalized spacial score (nSPS) is 10.1. The van der Waals surface area contributed by atoms with E-state index in [0.717, 1.165) is 10.0 Å². The minimum absolute atomic E-state index is 0.0386. The molecule has 2 rings (SSSR count). The fraction of sp³-hybridized carbons (Fsp3) is 0.211. The number of benzene rings is 2. The standard InChI is InChI=1S/C19H19BrClN3O4/c1-12-15(21)3-2-4-16(12)22-17(25)9-10-18(26)23-24-19(27)11-28-14-7-5-13(20)6-8-14/h2-8H,9-11H2,1H3,(H,22,25)(H,23,26)(H,24,27). The molecule has 0 heterocycles. The van der Waals surface area contributed by atoms with E-state index in [-0.39, 0.29) is 25.4 Å². The lowest BCUT2D eigenvalue weighted by Gasteiger charge is -2.10. The summed E-state index contributed by atoms with van der Waals surface area (Å²) in [4.78, 5) is 35.4. The molecule has 3 amide bonds. The fourth-order valence-corrected chi connectivity index (χ4v) is 2.54. The summed E-state index contributed by atoms with van der Waals surface area (Å²) < 4.78 is 6.18. The number of ether oxygens (including phenoxy) is 1. The molecule has 148 valence electrons. The van der Waals surface area contributed by atoms with Crippen molar-refractivity contribution in [3.8, 4) is 5.75 Å². The largest absolute Gasteiger partial charge is 0.484 e. The van der Waals surface area contributed by atoms with Crippen molar-refractivity contribution < 1.29 is 19.1 Å². The summed E-state index contributed by atoms with van der Waals surface area (Å²) in [5, 5.41) is 3.24. The molecule has 0 aliphatic heterocycles. The molecule has 0 fully saturated rings. The van der Waals surface area contributed by atoms with Crippen molar-refractivity contribution in [1.82, 2.24) is 10.9 Å². The third kappa shape index (κ3) is 7.21. The topological polar surface area (TPSA) is 96.5 Å². The highest BCUT2D eigenvalue weighted by molar-refractivity contribution is 9.10. The number of carbonyl (C=O) groups excluding carboxylic acids is 3. The molecule has 0 radical (unpaired) electrons. The second kappa shape index (κ2) is 10.7. The van der Waals surface area contributed by atoms with Crippen molar-refractivity contribution in [3.05, 3.63) is 57.5 Å². The predicted molar refractivity (Wildman–Crippen MR) is 110 cm³/mol. The maximum absolute atomic E-state index is 12.0. The Hall–Kier alpha value is -2.58. The van der Waals surface area contributed by atoms with E-state index in [2.05, 4.69) is 32.1 Å². The van der Waals surface area contributed by atoms with Gasteiger partial charge in [0.05, 0.1) is 0 Å². The van der Waals surface area contributed by atoms with E-state index in [0.29, 0.717) is 16.5 Å². The van der Waals surface area contributed by atoms with Crippen molar-refractivity contribution in [3.63, 3.8) is 0 Å². The SMILES string of the molecule is Cc1c(Cl)cccc1NC(=O)CCC(=O)NNC(=O)COc1ccc(Br)cc1. The van der Waals surface area contributed by atoms with Gasteiger partial charge in [0, 0.05) is 28.0 Å². The number of carbonyl (C=O) groups is 3. The Morgan fingerprint density at radius 3 is 2.32 bits per heavy atom. The zero-order chi connectivity index (χ0) is 20.5. The molecule has 0 aliphatic rings. The number of hydrogen-bond acceptors (Lipinski definition) is 4. The highest BCUT2D eigenvalue weighted by atomic mass is 79.9. The first-order valence-electron chi connectivity index (χ1n) is 8.36. The third-order valence-corrected chi connectivity index (χ3v) is 4.58. The molecule has 0 aliphatic carbocycles. The zero-order valence-corrected chi connectivity index (χ0v) is 17.4. The molecule has 2 aromatic carbocycles. The summed E-state index contributed by atoms with van der Waals surface area (Å²) in [6.45, 7) is 1.53. The van der Waals surface area contributed by atoms with Crippen LogP contribution >= 0.6 is 27.5 Å². The lowest BCUT2D eigenvalue weighted by molar-refractivity contribution is -0.130. The monoisotopic (exact) mass is 467 g/mol. The van der Waals surface area contributed by atoms with E-state index in [9.17, 15) is 14.4 Å². The first-order valence-corrected chi connectivity index (χ1v) is 9.53. The van der Waals surface area contributed by atoms with Gasteiger partial charge in [0.25, 0.3) is 5.91 Å². The molecular weight excluding hydrogens is 450 g/mol. The van der Waals surface area contributed by atoms with Gasteiger partial charge in [0.15, 0.2) is 6.61 Å². The lowest BCUT2D eigenvalue weighted by Crippen LogP contribution is -2.44. The Labute approximate surface area is 175 Å². The van der Waals surface area contributed by atoms with Crippen LogP contribution in [0.2, 0.25) is 5.02 Å². The van der Waals surface area contributed by atoms with E-state index >= 15 is 0 Å². The quantitative estimate of drug-likeness (QED) is 0.543. The number of hydrazine groups is 1. The van der Waals surface area contributed by atoms with Crippen LogP contribution in [0.1, 0.15) is 18.4 Å². The smallest absolute Gasteiger partial charge is 0.276 e. The van der Waals surface area contributed by atoms with Gasteiger partial charge in [-0.15, -0.1) is 0 Å². The molecule has 0 bridgehead atoms. The molecule has 7 nitrogen and oxygen atoms in total. The summed E-state index contributed by atoms with van der Waals surface area (Å²) >= 11 is 9.30. The number of anilines is 1. The first-order chi connectivity index (χ1) is 13.3. The molecule has 0 saturated carbocycles.